The summed E-state index contributed by atoms with van der Waals surface area (Å²) in [6.07, 6.45) is 6.53. The van der Waals surface area contributed by atoms with E-state index in [4.69, 9.17) is 9.41 Å². The van der Waals surface area contributed by atoms with Gasteiger partial charge in [-0.25, -0.2) is 0 Å². The molecule has 0 saturated heterocycles. The third-order valence-corrected chi connectivity index (χ3v) is 5.12. The Labute approximate surface area is 161 Å². The van der Waals surface area contributed by atoms with Gasteiger partial charge in [0.1, 0.15) is 11.5 Å². The minimum absolute atomic E-state index is 0.915. The van der Waals surface area contributed by atoms with E-state index in [1.165, 1.54) is 29.5 Å². The lowest BCUT2D eigenvalue weighted by atomic mass is 9.91. The predicted molar refractivity (Wildman–Crippen MR) is 113 cm³/mol. The normalized spacial score (nSPS) is 13.6. The Morgan fingerprint density at radius 3 is 2.15 bits per heavy atom. The van der Waals surface area contributed by atoms with Crippen LogP contribution in [-0.2, 0) is 12.8 Å². The van der Waals surface area contributed by atoms with Crippen LogP contribution in [0.25, 0.3) is 17.0 Å². The summed E-state index contributed by atoms with van der Waals surface area (Å²) in [5.74, 6) is 1.93. The maximum absolute atomic E-state index is 6.35. The van der Waals surface area contributed by atoms with E-state index in [0.717, 1.165) is 41.2 Å². The second-order valence-corrected chi connectivity index (χ2v) is 7.30. The number of allylic oxidation sites excluding steroid dienone is 1. The van der Waals surface area contributed by atoms with E-state index in [1.807, 2.05) is 18.3 Å². The number of hydrogen-bond acceptors (Lipinski definition) is 2. The number of nitrogens with zero attached hydrogens (tertiary/aromatic N) is 1. The summed E-state index contributed by atoms with van der Waals surface area (Å²) in [6.45, 7) is 4.21. The van der Waals surface area contributed by atoms with Crippen LogP contribution < -0.4 is 0 Å². The molecule has 0 spiro atoms. The first-order valence-corrected chi connectivity index (χ1v) is 9.71. The van der Waals surface area contributed by atoms with Crippen molar-refractivity contribution in [2.45, 2.75) is 39.5 Å². The fourth-order valence-electron chi connectivity index (χ4n) is 3.80. The summed E-state index contributed by atoms with van der Waals surface area (Å²) in [6, 6.07) is 20.8. The molecule has 1 aliphatic carbocycles. The highest BCUT2D eigenvalue weighted by Crippen LogP contribution is 2.36. The summed E-state index contributed by atoms with van der Waals surface area (Å²) in [5.41, 5.74) is 7.20. The molecule has 0 amide bonds. The van der Waals surface area contributed by atoms with E-state index in [0.29, 0.717) is 0 Å². The lowest BCUT2D eigenvalue weighted by Gasteiger charge is -2.11. The van der Waals surface area contributed by atoms with Gasteiger partial charge < -0.3 is 4.42 Å². The fraction of sp³-hybridized carbons (Fsp3) is 0.240. The number of aliphatic imine (C=N–C) groups is 1. The van der Waals surface area contributed by atoms with Gasteiger partial charge in [0.15, 0.2) is 0 Å². The van der Waals surface area contributed by atoms with Crippen molar-refractivity contribution in [1.82, 2.24) is 0 Å². The minimum Gasteiger partial charge on any atom is -0.455 e. The maximum atomic E-state index is 6.35. The predicted octanol–water partition coefficient (Wildman–Crippen LogP) is 6.70. The fourth-order valence-corrected chi connectivity index (χ4v) is 3.80. The third kappa shape index (κ3) is 3.66. The SMILES string of the molecule is CC(C)=C(N=Cc1oc(-c2ccccc2)c2c1CCCC2)c1ccccc1. The van der Waals surface area contributed by atoms with Gasteiger partial charge in [-0.1, -0.05) is 66.2 Å². The molecule has 0 atom stereocenters. The summed E-state index contributed by atoms with van der Waals surface area (Å²) < 4.78 is 6.35. The van der Waals surface area contributed by atoms with E-state index in [-0.39, 0.29) is 0 Å². The molecule has 0 radical (unpaired) electrons. The average molecular weight is 355 g/mol. The van der Waals surface area contributed by atoms with Crippen molar-refractivity contribution < 1.29 is 4.42 Å². The molecule has 0 aliphatic heterocycles. The number of hydrogen-bond donors (Lipinski definition) is 0. The summed E-state index contributed by atoms with van der Waals surface area (Å²) in [7, 11) is 0. The molecule has 2 nitrogen and oxygen atoms in total. The van der Waals surface area contributed by atoms with Crippen molar-refractivity contribution in [2.24, 2.45) is 4.99 Å². The molecule has 2 heteroatoms. The molecule has 2 aromatic carbocycles. The Kier molecular flexibility index (Phi) is 5.06. The van der Waals surface area contributed by atoms with Crippen LogP contribution in [0.2, 0.25) is 0 Å². The molecule has 3 aromatic rings. The largest absolute Gasteiger partial charge is 0.455 e. The Balaban J connectivity index is 1.75. The number of benzene rings is 2. The Morgan fingerprint density at radius 1 is 0.852 bits per heavy atom. The van der Waals surface area contributed by atoms with Crippen molar-refractivity contribution >= 4 is 11.9 Å². The smallest absolute Gasteiger partial charge is 0.149 e. The Hall–Kier alpha value is -2.87. The zero-order valence-corrected chi connectivity index (χ0v) is 16.0. The van der Waals surface area contributed by atoms with Crippen LogP contribution in [0.5, 0.6) is 0 Å². The van der Waals surface area contributed by atoms with Crippen molar-refractivity contribution in [2.75, 3.05) is 0 Å². The lowest BCUT2D eigenvalue weighted by molar-refractivity contribution is 0.570. The average Bonchev–Trinajstić information content (AvgIpc) is 3.08. The molecule has 1 aliphatic rings. The quantitative estimate of drug-likeness (QED) is 0.478. The molecule has 0 saturated carbocycles. The van der Waals surface area contributed by atoms with Crippen LogP contribution in [-0.4, -0.2) is 6.21 Å². The molecule has 136 valence electrons. The van der Waals surface area contributed by atoms with Gasteiger partial charge in [0.05, 0.1) is 11.9 Å². The van der Waals surface area contributed by atoms with Gasteiger partial charge in [-0.3, -0.25) is 4.99 Å². The standard InChI is InChI=1S/C25H25NO/c1-18(2)24(19-11-5-3-6-12-19)26-17-23-21-15-9-10-16-22(21)25(27-23)20-13-7-4-8-14-20/h3-8,11-14,17H,9-10,15-16H2,1-2H3. The first-order chi connectivity index (χ1) is 13.2. The van der Waals surface area contributed by atoms with Crippen LogP contribution >= 0.6 is 0 Å². The van der Waals surface area contributed by atoms with Gasteiger partial charge in [-0.05, 0) is 39.5 Å². The molecule has 1 aromatic heterocycles. The zero-order chi connectivity index (χ0) is 18.6. The molecule has 27 heavy (non-hydrogen) atoms. The summed E-state index contributed by atoms with van der Waals surface area (Å²) in [4.78, 5) is 4.84. The monoisotopic (exact) mass is 355 g/mol. The molecular weight excluding hydrogens is 330 g/mol. The molecule has 1 heterocycles. The van der Waals surface area contributed by atoms with E-state index in [9.17, 15) is 0 Å². The number of fused-ring (bicyclic) bond motifs is 1. The van der Waals surface area contributed by atoms with Gasteiger partial charge in [-0.15, -0.1) is 0 Å². The Morgan fingerprint density at radius 2 is 1.48 bits per heavy atom. The number of rotatable bonds is 4. The third-order valence-electron chi connectivity index (χ3n) is 5.12. The first-order valence-electron chi connectivity index (χ1n) is 9.71. The van der Waals surface area contributed by atoms with Crippen molar-refractivity contribution in [3.8, 4) is 11.3 Å². The van der Waals surface area contributed by atoms with E-state index < -0.39 is 0 Å². The zero-order valence-electron chi connectivity index (χ0n) is 16.0. The van der Waals surface area contributed by atoms with Crippen molar-refractivity contribution in [1.29, 1.82) is 0 Å². The van der Waals surface area contributed by atoms with Crippen molar-refractivity contribution in [3.05, 3.63) is 88.7 Å². The van der Waals surface area contributed by atoms with Crippen LogP contribution in [0.1, 0.15) is 49.1 Å². The van der Waals surface area contributed by atoms with Gasteiger partial charge in [0, 0.05) is 22.3 Å². The highest BCUT2D eigenvalue weighted by Gasteiger charge is 2.22. The topological polar surface area (TPSA) is 25.5 Å². The van der Waals surface area contributed by atoms with Crippen LogP contribution in [0.15, 0.2) is 75.6 Å². The Bertz CT molecular complexity index is 974. The van der Waals surface area contributed by atoms with Crippen LogP contribution in [0.3, 0.4) is 0 Å². The van der Waals surface area contributed by atoms with Crippen LogP contribution in [0, 0.1) is 0 Å². The van der Waals surface area contributed by atoms with E-state index in [1.54, 1.807) is 0 Å². The second kappa shape index (κ2) is 7.79. The van der Waals surface area contributed by atoms with Gasteiger partial charge >= 0.3 is 0 Å². The molecule has 4 rings (SSSR count). The number of furan rings is 1. The van der Waals surface area contributed by atoms with Gasteiger partial charge in [-0.2, -0.15) is 0 Å². The second-order valence-electron chi connectivity index (χ2n) is 7.30. The summed E-state index contributed by atoms with van der Waals surface area (Å²) >= 11 is 0. The molecule has 0 N–H and O–H groups in total. The van der Waals surface area contributed by atoms with E-state index in [2.05, 4.69) is 62.4 Å². The molecule has 0 fully saturated rings. The van der Waals surface area contributed by atoms with E-state index >= 15 is 0 Å². The summed E-state index contributed by atoms with van der Waals surface area (Å²) in [5, 5.41) is 0. The molecule has 0 bridgehead atoms. The highest BCUT2D eigenvalue weighted by molar-refractivity contribution is 5.87. The van der Waals surface area contributed by atoms with Gasteiger partial charge in [0.2, 0.25) is 0 Å². The molecule has 0 unspecified atom stereocenters. The first kappa shape index (κ1) is 17.5. The minimum atomic E-state index is 0.915. The van der Waals surface area contributed by atoms with Gasteiger partial charge in [0.25, 0.3) is 0 Å². The van der Waals surface area contributed by atoms with Crippen LogP contribution in [0.4, 0.5) is 0 Å². The van der Waals surface area contributed by atoms with Crippen molar-refractivity contribution in [3.63, 3.8) is 0 Å². The molecular formula is C25H25NO. The lowest BCUT2D eigenvalue weighted by Crippen LogP contribution is -2.02. The maximum Gasteiger partial charge on any atom is 0.149 e. The highest BCUT2D eigenvalue weighted by atomic mass is 16.3.